The monoisotopic (exact) mass is 400 g/mol. The van der Waals surface area contributed by atoms with Gasteiger partial charge in [0.25, 0.3) is 0 Å². The molecule has 1 fully saturated rings. The number of hydrogen-bond donors (Lipinski definition) is 0. The molecule has 106 valence electrons. The molecular formula is C13H14Br2N4O. The van der Waals surface area contributed by atoms with E-state index >= 15 is 0 Å². The van der Waals surface area contributed by atoms with E-state index in [2.05, 4.69) is 41.9 Å². The van der Waals surface area contributed by atoms with E-state index in [0.29, 0.717) is 6.42 Å². The summed E-state index contributed by atoms with van der Waals surface area (Å²) in [5.74, 6) is 0.146. The van der Waals surface area contributed by atoms with Gasteiger partial charge in [0.15, 0.2) is 5.65 Å². The van der Waals surface area contributed by atoms with Crippen LogP contribution in [0.1, 0.15) is 25.0 Å². The molecule has 0 aromatic carbocycles. The minimum Gasteiger partial charge on any atom is -0.342 e. The molecule has 2 aromatic heterocycles. The van der Waals surface area contributed by atoms with E-state index in [4.69, 9.17) is 0 Å². The summed E-state index contributed by atoms with van der Waals surface area (Å²) in [5.41, 5.74) is 1.47. The van der Waals surface area contributed by atoms with Crippen molar-refractivity contribution in [1.82, 2.24) is 19.5 Å². The van der Waals surface area contributed by atoms with Crippen molar-refractivity contribution in [2.75, 3.05) is 13.1 Å². The second-order valence-corrected chi connectivity index (χ2v) is 6.63. The Bertz CT molecular complexity index is 649. The Balaban J connectivity index is 1.83. The largest absolute Gasteiger partial charge is 0.342 e. The molecule has 0 unspecified atom stereocenters. The molecule has 1 saturated heterocycles. The summed E-state index contributed by atoms with van der Waals surface area (Å²) in [6.07, 6.45) is 7.31. The molecule has 2 aromatic rings. The Morgan fingerprint density at radius 3 is 2.75 bits per heavy atom. The van der Waals surface area contributed by atoms with Crippen molar-refractivity contribution in [2.45, 2.75) is 25.7 Å². The molecule has 0 radical (unpaired) electrons. The highest BCUT2D eigenvalue weighted by atomic mass is 79.9. The maximum Gasteiger partial charge on any atom is 0.228 e. The fourth-order valence-electron chi connectivity index (χ4n) is 2.44. The molecule has 0 saturated carbocycles. The van der Waals surface area contributed by atoms with E-state index in [-0.39, 0.29) is 5.91 Å². The van der Waals surface area contributed by atoms with Gasteiger partial charge in [-0.3, -0.25) is 4.79 Å². The number of nitrogens with zero attached hydrogens (tertiary/aromatic N) is 4. The summed E-state index contributed by atoms with van der Waals surface area (Å²) in [6.45, 7) is 1.74. The van der Waals surface area contributed by atoms with Crippen molar-refractivity contribution < 1.29 is 4.79 Å². The Kier molecular flexibility index (Phi) is 4.07. The van der Waals surface area contributed by atoms with E-state index in [1.54, 1.807) is 10.7 Å². The van der Waals surface area contributed by atoms with Gasteiger partial charge >= 0.3 is 0 Å². The number of likely N-dealkylation sites (tertiary alicyclic amines) is 1. The van der Waals surface area contributed by atoms with Gasteiger partial charge < -0.3 is 4.90 Å². The summed E-state index contributed by atoms with van der Waals surface area (Å²) < 4.78 is 3.34. The first-order chi connectivity index (χ1) is 9.65. The van der Waals surface area contributed by atoms with Crippen molar-refractivity contribution in [2.24, 2.45) is 0 Å². The molecule has 3 rings (SSSR count). The van der Waals surface area contributed by atoms with Crippen molar-refractivity contribution in [3.8, 4) is 0 Å². The van der Waals surface area contributed by atoms with E-state index in [0.717, 1.165) is 46.2 Å². The molecule has 1 amide bonds. The predicted octanol–water partition coefficient (Wildman–Crippen LogP) is 2.81. The lowest BCUT2D eigenvalue weighted by Gasteiger charge is -2.26. The van der Waals surface area contributed by atoms with E-state index in [1.807, 2.05) is 11.1 Å². The quantitative estimate of drug-likeness (QED) is 0.777. The lowest BCUT2D eigenvalue weighted by molar-refractivity contribution is -0.131. The van der Waals surface area contributed by atoms with Crippen LogP contribution in [0, 0.1) is 0 Å². The first-order valence-electron chi connectivity index (χ1n) is 6.61. The van der Waals surface area contributed by atoms with Crippen LogP contribution < -0.4 is 0 Å². The number of piperidine rings is 1. The number of hydrogen-bond acceptors (Lipinski definition) is 3. The molecule has 0 N–H and O–H groups in total. The van der Waals surface area contributed by atoms with Crippen LogP contribution in [0.4, 0.5) is 0 Å². The fourth-order valence-corrected chi connectivity index (χ4v) is 3.24. The Hall–Kier alpha value is -0.950. The minimum absolute atomic E-state index is 0.146. The molecule has 7 heteroatoms. The van der Waals surface area contributed by atoms with Crippen LogP contribution in [-0.4, -0.2) is 38.5 Å². The number of fused-ring (bicyclic) bond motifs is 1. The molecule has 0 spiro atoms. The summed E-state index contributed by atoms with van der Waals surface area (Å²) >= 11 is 6.86. The van der Waals surface area contributed by atoms with Gasteiger partial charge in [-0.15, -0.1) is 0 Å². The van der Waals surface area contributed by atoms with Gasteiger partial charge in [0.2, 0.25) is 5.91 Å². The van der Waals surface area contributed by atoms with Gasteiger partial charge in [0, 0.05) is 25.5 Å². The Morgan fingerprint density at radius 1 is 1.25 bits per heavy atom. The number of carbonyl (C=O) groups excluding carboxylic acids is 1. The third-order valence-electron chi connectivity index (χ3n) is 3.48. The highest BCUT2D eigenvalue weighted by molar-refractivity contribution is 9.11. The summed E-state index contributed by atoms with van der Waals surface area (Å²) in [5, 5.41) is 4.44. The third-order valence-corrected chi connectivity index (χ3v) is 4.70. The smallest absolute Gasteiger partial charge is 0.228 e. The SMILES string of the molecule is O=C(Cc1nn2cc(Br)cnc2c1Br)N1CCCCC1. The topological polar surface area (TPSA) is 50.5 Å². The zero-order valence-electron chi connectivity index (χ0n) is 10.9. The van der Waals surface area contributed by atoms with E-state index < -0.39 is 0 Å². The standard InChI is InChI=1S/C13H14Br2N4O/c14-9-7-16-13-12(15)10(17-19(13)8-9)6-11(20)18-4-2-1-3-5-18/h7-8H,1-6H2. The highest BCUT2D eigenvalue weighted by Crippen LogP contribution is 2.23. The Labute approximate surface area is 133 Å². The summed E-state index contributed by atoms with van der Waals surface area (Å²) in [4.78, 5) is 18.5. The van der Waals surface area contributed by atoms with Crippen LogP contribution in [0.5, 0.6) is 0 Å². The number of halogens is 2. The number of amides is 1. The maximum absolute atomic E-state index is 12.3. The lowest BCUT2D eigenvalue weighted by Crippen LogP contribution is -2.36. The lowest BCUT2D eigenvalue weighted by atomic mass is 10.1. The zero-order valence-corrected chi connectivity index (χ0v) is 14.0. The van der Waals surface area contributed by atoms with E-state index in [9.17, 15) is 4.79 Å². The van der Waals surface area contributed by atoms with Gasteiger partial charge in [0.1, 0.15) is 0 Å². The average molecular weight is 402 g/mol. The predicted molar refractivity (Wildman–Crippen MR) is 82.5 cm³/mol. The van der Waals surface area contributed by atoms with Crippen molar-refractivity contribution in [3.63, 3.8) is 0 Å². The number of rotatable bonds is 2. The molecule has 3 heterocycles. The number of carbonyl (C=O) groups is 1. The average Bonchev–Trinajstić information content (AvgIpc) is 2.75. The highest BCUT2D eigenvalue weighted by Gasteiger charge is 2.20. The first kappa shape index (κ1) is 14.0. The Morgan fingerprint density at radius 2 is 2.00 bits per heavy atom. The molecule has 0 atom stereocenters. The van der Waals surface area contributed by atoms with Crippen LogP contribution in [0.3, 0.4) is 0 Å². The van der Waals surface area contributed by atoms with Gasteiger partial charge in [-0.05, 0) is 51.1 Å². The van der Waals surface area contributed by atoms with Gasteiger partial charge in [-0.2, -0.15) is 5.10 Å². The normalized spacial score (nSPS) is 15.8. The molecular weight excluding hydrogens is 388 g/mol. The van der Waals surface area contributed by atoms with Crippen molar-refractivity contribution in [1.29, 1.82) is 0 Å². The molecule has 5 nitrogen and oxygen atoms in total. The van der Waals surface area contributed by atoms with Crippen LogP contribution in [-0.2, 0) is 11.2 Å². The van der Waals surface area contributed by atoms with Gasteiger partial charge in [0.05, 0.1) is 21.1 Å². The summed E-state index contributed by atoms with van der Waals surface area (Å²) in [7, 11) is 0. The molecule has 1 aliphatic rings. The van der Waals surface area contributed by atoms with Crippen LogP contribution in [0.15, 0.2) is 21.3 Å². The molecule has 0 bridgehead atoms. The van der Waals surface area contributed by atoms with Crippen LogP contribution in [0.25, 0.3) is 5.65 Å². The first-order valence-corrected chi connectivity index (χ1v) is 8.20. The zero-order chi connectivity index (χ0) is 14.1. The maximum atomic E-state index is 12.3. The van der Waals surface area contributed by atoms with Gasteiger partial charge in [-0.25, -0.2) is 9.50 Å². The van der Waals surface area contributed by atoms with Crippen LogP contribution in [0.2, 0.25) is 0 Å². The third kappa shape index (κ3) is 2.74. The van der Waals surface area contributed by atoms with E-state index in [1.165, 1.54) is 6.42 Å². The molecule has 0 aliphatic carbocycles. The van der Waals surface area contributed by atoms with Crippen LogP contribution >= 0.6 is 31.9 Å². The second-order valence-electron chi connectivity index (χ2n) is 4.92. The minimum atomic E-state index is 0.146. The number of aromatic nitrogens is 3. The van der Waals surface area contributed by atoms with Crippen molar-refractivity contribution in [3.05, 3.63) is 27.0 Å². The molecule has 20 heavy (non-hydrogen) atoms. The molecule has 1 aliphatic heterocycles. The van der Waals surface area contributed by atoms with Crippen molar-refractivity contribution >= 4 is 43.4 Å². The second kappa shape index (κ2) is 5.81. The summed E-state index contributed by atoms with van der Waals surface area (Å²) in [6, 6.07) is 0. The fraction of sp³-hybridized carbons (Fsp3) is 0.462. The van der Waals surface area contributed by atoms with Gasteiger partial charge in [-0.1, -0.05) is 0 Å².